The smallest absolute Gasteiger partial charge is 0.405 e. The van der Waals surface area contributed by atoms with Gasteiger partial charge in [0.2, 0.25) is 17.7 Å². The Bertz CT molecular complexity index is 2270. The van der Waals surface area contributed by atoms with E-state index < -0.39 is 48.3 Å². The van der Waals surface area contributed by atoms with Crippen LogP contribution in [0.3, 0.4) is 0 Å². The van der Waals surface area contributed by atoms with Crippen LogP contribution in [-0.4, -0.2) is 152 Å². The minimum atomic E-state index is -4.42. The molecule has 5 heterocycles. The molecule has 6 rings (SSSR count). The molecule has 1 unspecified atom stereocenters. The Balaban J connectivity index is 0.741. The molecule has 0 spiro atoms. The lowest BCUT2D eigenvalue weighted by Gasteiger charge is -2.27. The van der Waals surface area contributed by atoms with Crippen molar-refractivity contribution in [1.29, 1.82) is 0 Å². The second-order valence-corrected chi connectivity index (χ2v) is 14.4. The van der Waals surface area contributed by atoms with Crippen molar-refractivity contribution < 1.29 is 65.2 Å². The number of pyridine rings is 1. The Morgan fingerprint density at radius 1 is 0.877 bits per heavy atom. The number of hydrogen-bond acceptors (Lipinski definition) is 17. The highest BCUT2D eigenvalue weighted by molar-refractivity contribution is 6.25. The number of halogens is 3. The number of alkyl halides is 3. The number of aromatic nitrogens is 4. The number of ether oxygens (including phenoxy) is 5. The van der Waals surface area contributed by atoms with Gasteiger partial charge in [-0.25, -0.2) is 9.97 Å². The molecule has 4 aromatic rings. The molecule has 350 valence electrons. The number of benzene rings is 1. The number of nitrogens with zero attached hydrogens (tertiary/aromatic N) is 5. The molecule has 21 nitrogen and oxygen atoms in total. The van der Waals surface area contributed by atoms with Crippen LogP contribution in [0, 0.1) is 0 Å². The maximum atomic E-state index is 13.2. The molecule has 2 aliphatic rings. The maximum Gasteiger partial charge on any atom is 0.405 e. The maximum absolute atomic E-state index is 13.2. The Morgan fingerprint density at radius 2 is 1.55 bits per heavy atom. The number of fused-ring (bicyclic) bond motifs is 1. The molecular weight excluding hydrogens is 866 g/mol. The van der Waals surface area contributed by atoms with Crippen molar-refractivity contribution in [2.24, 2.45) is 7.05 Å². The van der Waals surface area contributed by atoms with Gasteiger partial charge in [-0.05, 0) is 30.7 Å². The quantitative estimate of drug-likeness (QED) is 0.0425. The van der Waals surface area contributed by atoms with E-state index in [-0.39, 0.29) is 41.4 Å². The average Bonchev–Trinajstić information content (AvgIpc) is 3.98. The fourth-order valence-corrected chi connectivity index (χ4v) is 6.57. The van der Waals surface area contributed by atoms with Gasteiger partial charge in [-0.15, -0.1) is 0 Å². The number of aryl methyl sites for hydroxylation is 1. The summed E-state index contributed by atoms with van der Waals surface area (Å²) in [5.74, 6) is -2.80. The first kappa shape index (κ1) is 48.2. The number of piperidine rings is 1. The van der Waals surface area contributed by atoms with Crippen molar-refractivity contribution in [2.75, 3.05) is 102 Å². The van der Waals surface area contributed by atoms with Crippen molar-refractivity contribution in [3.05, 3.63) is 71.5 Å². The van der Waals surface area contributed by atoms with Crippen LogP contribution in [0.4, 0.5) is 30.4 Å². The molecule has 3 aromatic heterocycles. The van der Waals surface area contributed by atoms with Gasteiger partial charge in [0, 0.05) is 56.7 Å². The van der Waals surface area contributed by atoms with Crippen LogP contribution in [0.25, 0.3) is 11.5 Å². The lowest BCUT2D eigenvalue weighted by molar-refractivity contribution is -0.136. The molecule has 65 heavy (non-hydrogen) atoms. The zero-order chi connectivity index (χ0) is 46.2. The van der Waals surface area contributed by atoms with Gasteiger partial charge in [0.05, 0.1) is 88.6 Å². The fourth-order valence-electron chi connectivity index (χ4n) is 6.57. The van der Waals surface area contributed by atoms with Gasteiger partial charge >= 0.3 is 6.18 Å². The predicted octanol–water partition coefficient (Wildman–Crippen LogP) is 2.38. The van der Waals surface area contributed by atoms with Gasteiger partial charge < -0.3 is 49.4 Å². The van der Waals surface area contributed by atoms with Crippen LogP contribution >= 0.6 is 0 Å². The third-order valence-electron chi connectivity index (χ3n) is 9.60. The molecule has 1 aromatic carbocycles. The Hall–Kier alpha value is -6.31. The third-order valence-corrected chi connectivity index (χ3v) is 9.60. The van der Waals surface area contributed by atoms with E-state index in [4.69, 9.17) is 28.1 Å². The number of rotatable bonds is 27. The summed E-state index contributed by atoms with van der Waals surface area (Å²) in [5.41, 5.74) is 2.16. The highest BCUT2D eigenvalue weighted by Gasteiger charge is 2.45. The first-order valence-electron chi connectivity index (χ1n) is 20.6. The fraction of sp³-hybridized carbons (Fsp3) is 0.463. The molecular formula is C41H49F3N10O11. The Labute approximate surface area is 370 Å². The Morgan fingerprint density at radius 3 is 2.23 bits per heavy atom. The van der Waals surface area contributed by atoms with Crippen LogP contribution in [0.1, 0.15) is 49.7 Å². The highest BCUT2D eigenvalue weighted by Crippen LogP contribution is 2.32. The third kappa shape index (κ3) is 14.1. The summed E-state index contributed by atoms with van der Waals surface area (Å²) >= 11 is 0. The van der Waals surface area contributed by atoms with E-state index >= 15 is 0 Å². The topological polar surface area (TPSA) is 252 Å². The minimum absolute atomic E-state index is 0.0245. The number of carbonyl (C=O) groups excluding carboxylic acids is 5. The lowest BCUT2D eigenvalue weighted by Crippen LogP contribution is -2.54. The second-order valence-electron chi connectivity index (χ2n) is 14.4. The normalized spacial score (nSPS) is 15.1. The van der Waals surface area contributed by atoms with Gasteiger partial charge in [0.25, 0.3) is 17.7 Å². The van der Waals surface area contributed by atoms with Crippen molar-refractivity contribution in [2.45, 2.75) is 31.6 Å². The summed E-state index contributed by atoms with van der Waals surface area (Å²) in [7, 11) is 1.71. The molecule has 0 radical (unpaired) electrons. The van der Waals surface area contributed by atoms with E-state index in [0.29, 0.717) is 108 Å². The van der Waals surface area contributed by atoms with Crippen LogP contribution in [0.2, 0.25) is 0 Å². The molecule has 0 saturated carbocycles. The molecule has 5 N–H and O–H groups in total. The number of hydrogen-bond donors (Lipinski definition) is 5. The van der Waals surface area contributed by atoms with Gasteiger partial charge in [-0.1, -0.05) is 6.07 Å². The summed E-state index contributed by atoms with van der Waals surface area (Å²) in [6.07, 6.45) is -0.197. The van der Waals surface area contributed by atoms with Crippen LogP contribution in [0.15, 0.2) is 53.4 Å². The first-order chi connectivity index (χ1) is 31.4. The van der Waals surface area contributed by atoms with Crippen molar-refractivity contribution in [3.63, 3.8) is 0 Å². The molecule has 1 saturated heterocycles. The average molecular weight is 915 g/mol. The molecule has 1 atom stereocenters. The largest absolute Gasteiger partial charge is 0.444 e. The summed E-state index contributed by atoms with van der Waals surface area (Å²) in [5, 5.41) is 17.9. The van der Waals surface area contributed by atoms with E-state index in [9.17, 15) is 37.1 Å². The Kier molecular flexibility index (Phi) is 17.5. The number of anilines is 3. The zero-order valence-corrected chi connectivity index (χ0v) is 35.4. The van der Waals surface area contributed by atoms with E-state index in [1.807, 2.05) is 0 Å². The van der Waals surface area contributed by atoms with Gasteiger partial charge in [0.1, 0.15) is 24.7 Å². The van der Waals surface area contributed by atoms with Crippen molar-refractivity contribution in [3.8, 4) is 11.5 Å². The lowest BCUT2D eigenvalue weighted by atomic mass is 10.0. The molecule has 5 amide bonds. The standard InChI is InChI=1S/C41H49F3N10O11/c1-53-23-30(49-36(56)31-24-65-38(50-31)26-7-8-47-33(21-26)48-25-41(42,43)44)29(52-53)22-45-9-11-60-13-15-62-17-19-64-20-18-63-16-14-61-12-10-46-28-4-2-3-27-35(28)40(59)54(39(27)58)32-5-6-34(55)51-37(32)57/h2-4,7-8,21,23-24,32,45-46H,5-6,9-20,22,25H2,1H3,(H,47,48)(H,49,56)(H,51,55,57). The summed E-state index contributed by atoms with van der Waals surface area (Å²) in [6, 6.07) is 6.66. The summed E-state index contributed by atoms with van der Waals surface area (Å²) < 4.78 is 72.5. The molecule has 1 fully saturated rings. The number of oxazole rings is 1. The van der Waals surface area contributed by atoms with E-state index in [1.54, 1.807) is 30.1 Å². The number of nitrogens with one attached hydrogen (secondary N) is 5. The van der Waals surface area contributed by atoms with Gasteiger partial charge in [-0.3, -0.25) is 38.9 Å². The highest BCUT2D eigenvalue weighted by atomic mass is 19.4. The summed E-state index contributed by atoms with van der Waals surface area (Å²) in [4.78, 5) is 72.0. The molecule has 2 aliphatic heterocycles. The first-order valence-corrected chi connectivity index (χ1v) is 20.6. The monoisotopic (exact) mass is 914 g/mol. The van der Waals surface area contributed by atoms with Crippen LogP contribution < -0.4 is 26.6 Å². The van der Waals surface area contributed by atoms with Crippen LogP contribution in [-0.2, 0) is 46.9 Å². The van der Waals surface area contributed by atoms with E-state index in [0.717, 1.165) is 11.2 Å². The predicted molar refractivity (Wildman–Crippen MR) is 223 cm³/mol. The minimum Gasteiger partial charge on any atom is -0.444 e. The van der Waals surface area contributed by atoms with Crippen molar-refractivity contribution >= 4 is 46.7 Å². The van der Waals surface area contributed by atoms with E-state index in [2.05, 4.69) is 41.7 Å². The number of amides is 5. The van der Waals surface area contributed by atoms with E-state index in [1.165, 1.54) is 24.4 Å². The van der Waals surface area contributed by atoms with Crippen molar-refractivity contribution in [1.82, 2.24) is 35.3 Å². The SMILES string of the molecule is Cn1cc(NC(=O)c2coc(-c3ccnc(NCC(F)(F)F)c3)n2)c(CNCCOCCOCCOCCOCCOCCNc2cccc3c2C(=O)N(C2CCC(=O)NC2=O)C3=O)n1. The molecule has 24 heteroatoms. The molecule has 0 aliphatic carbocycles. The summed E-state index contributed by atoms with van der Waals surface area (Å²) in [6.45, 7) is 3.60. The van der Waals surface area contributed by atoms with Gasteiger partial charge in [-0.2, -0.15) is 18.3 Å². The molecule has 0 bridgehead atoms. The van der Waals surface area contributed by atoms with Gasteiger partial charge in [0.15, 0.2) is 5.69 Å². The van der Waals surface area contributed by atoms with Crippen LogP contribution in [0.5, 0.6) is 0 Å². The number of carbonyl (C=O) groups is 5. The number of imide groups is 2. The zero-order valence-electron chi connectivity index (χ0n) is 35.4. The second kappa shape index (κ2) is 23.6.